The van der Waals surface area contributed by atoms with E-state index in [1.165, 1.54) is 4.68 Å². The van der Waals surface area contributed by atoms with Crippen molar-refractivity contribution in [1.82, 2.24) is 19.5 Å². The molecule has 0 aliphatic heterocycles. The molecule has 1 amide bonds. The molecular weight excluding hydrogens is 396 g/mol. The minimum atomic E-state index is -0.700. The van der Waals surface area contributed by atoms with Gasteiger partial charge in [0.25, 0.3) is 5.56 Å². The predicted octanol–water partition coefficient (Wildman–Crippen LogP) is 3.59. The molecule has 144 valence electrons. The van der Waals surface area contributed by atoms with E-state index in [1.54, 1.807) is 18.3 Å². The average molecular weight is 415 g/mol. The Morgan fingerprint density at radius 2 is 2.00 bits per heavy atom. The monoisotopic (exact) mass is 414 g/mol. The summed E-state index contributed by atoms with van der Waals surface area (Å²) in [6, 6.07) is 10.6. The Morgan fingerprint density at radius 1 is 1.25 bits per heavy atom. The zero-order chi connectivity index (χ0) is 19.8. The van der Waals surface area contributed by atoms with E-state index >= 15 is 0 Å². The number of carbonyl (C=O) groups is 1. The summed E-state index contributed by atoms with van der Waals surface area (Å²) >= 11 is 7.46. The molecule has 1 atom stereocenters. The molecule has 0 aliphatic rings. The van der Waals surface area contributed by atoms with E-state index in [9.17, 15) is 9.59 Å². The fraction of sp³-hybridized carbons (Fsp3) is 0.250. The molecule has 0 fully saturated rings. The van der Waals surface area contributed by atoms with Crippen molar-refractivity contribution >= 4 is 44.6 Å². The van der Waals surface area contributed by atoms with Gasteiger partial charge in [0.15, 0.2) is 0 Å². The Labute approximate surface area is 170 Å². The lowest BCUT2D eigenvalue weighted by molar-refractivity contribution is -0.124. The van der Waals surface area contributed by atoms with Crippen molar-refractivity contribution in [3.8, 4) is 0 Å². The standard InChI is InChI=1S/C20H19ClN4O2S/c1-12(19(26)22-9-7-14-3-5-15(21)6-4-14)25-20(27)17-11-18-16(8-10-28-18)24(17)13(2)23-25/h3-6,8,10-12H,7,9H2,1-2H3,(H,22,26)/t12-/m1/s1. The number of hydrogen-bond acceptors (Lipinski definition) is 4. The van der Waals surface area contributed by atoms with Crippen LogP contribution in [-0.2, 0) is 11.2 Å². The molecule has 3 heterocycles. The van der Waals surface area contributed by atoms with Gasteiger partial charge in [-0.15, -0.1) is 11.3 Å². The Morgan fingerprint density at radius 3 is 2.75 bits per heavy atom. The number of carbonyl (C=O) groups excluding carboxylic acids is 1. The van der Waals surface area contributed by atoms with Crippen molar-refractivity contribution in [1.29, 1.82) is 0 Å². The number of nitrogens with zero attached hydrogens (tertiary/aromatic N) is 3. The summed E-state index contributed by atoms with van der Waals surface area (Å²) in [5.74, 6) is 0.435. The topological polar surface area (TPSA) is 68.4 Å². The maximum atomic E-state index is 12.9. The van der Waals surface area contributed by atoms with Crippen LogP contribution in [0.25, 0.3) is 15.7 Å². The molecule has 0 unspecified atom stereocenters. The highest BCUT2D eigenvalue weighted by molar-refractivity contribution is 7.17. The zero-order valence-electron chi connectivity index (χ0n) is 15.5. The number of benzene rings is 1. The number of halogens is 1. The fourth-order valence-corrected chi connectivity index (χ4v) is 4.23. The highest BCUT2D eigenvalue weighted by atomic mass is 35.5. The highest BCUT2D eigenvalue weighted by Gasteiger charge is 2.20. The zero-order valence-corrected chi connectivity index (χ0v) is 17.0. The van der Waals surface area contributed by atoms with E-state index in [1.807, 2.05) is 53.1 Å². The molecular formula is C20H19ClN4O2S. The molecule has 1 aromatic carbocycles. The first-order valence-electron chi connectivity index (χ1n) is 8.96. The van der Waals surface area contributed by atoms with Crippen molar-refractivity contribution in [2.24, 2.45) is 0 Å². The second-order valence-electron chi connectivity index (χ2n) is 6.68. The second kappa shape index (κ2) is 7.41. The van der Waals surface area contributed by atoms with Gasteiger partial charge in [-0.05, 0) is 55.5 Å². The molecule has 0 bridgehead atoms. The number of hydrogen-bond donors (Lipinski definition) is 1. The molecule has 4 aromatic rings. The first-order chi connectivity index (χ1) is 13.5. The summed E-state index contributed by atoms with van der Waals surface area (Å²) in [6.07, 6.45) is 0.686. The molecule has 3 aromatic heterocycles. The molecule has 1 N–H and O–H groups in total. The number of aromatic nitrogens is 3. The third kappa shape index (κ3) is 3.31. The van der Waals surface area contributed by atoms with E-state index in [0.29, 0.717) is 29.3 Å². The molecule has 0 aliphatic carbocycles. The average Bonchev–Trinajstić information content (AvgIpc) is 3.27. The molecule has 0 spiro atoms. The molecule has 0 saturated carbocycles. The van der Waals surface area contributed by atoms with Crippen LogP contribution in [0.3, 0.4) is 0 Å². The van der Waals surface area contributed by atoms with Crippen LogP contribution in [0.15, 0.2) is 46.6 Å². The van der Waals surface area contributed by atoms with Crippen LogP contribution in [0.4, 0.5) is 0 Å². The Hall–Kier alpha value is -2.64. The van der Waals surface area contributed by atoms with Crippen LogP contribution in [0.5, 0.6) is 0 Å². The van der Waals surface area contributed by atoms with E-state index in [0.717, 1.165) is 15.8 Å². The van der Waals surface area contributed by atoms with Gasteiger partial charge in [0.1, 0.15) is 17.4 Å². The number of fused-ring (bicyclic) bond motifs is 3. The van der Waals surface area contributed by atoms with Crippen molar-refractivity contribution in [3.63, 3.8) is 0 Å². The molecule has 8 heteroatoms. The number of nitrogens with one attached hydrogen (secondary N) is 1. The fourth-order valence-electron chi connectivity index (χ4n) is 3.30. The number of rotatable bonds is 5. The third-order valence-electron chi connectivity index (χ3n) is 4.80. The van der Waals surface area contributed by atoms with Crippen LogP contribution in [-0.4, -0.2) is 26.6 Å². The van der Waals surface area contributed by atoms with Crippen molar-refractivity contribution in [2.45, 2.75) is 26.3 Å². The van der Waals surface area contributed by atoms with Gasteiger partial charge in [0.05, 0.1) is 10.2 Å². The molecule has 0 radical (unpaired) electrons. The Kier molecular flexibility index (Phi) is 4.95. The first-order valence-corrected chi connectivity index (χ1v) is 10.2. The summed E-state index contributed by atoms with van der Waals surface area (Å²) in [5, 5.41) is 9.95. The van der Waals surface area contributed by atoms with E-state index in [-0.39, 0.29) is 11.5 Å². The molecule has 4 rings (SSSR count). The maximum Gasteiger partial charge on any atom is 0.291 e. The van der Waals surface area contributed by atoms with Gasteiger partial charge in [0, 0.05) is 11.6 Å². The van der Waals surface area contributed by atoms with Crippen molar-refractivity contribution in [3.05, 3.63) is 68.5 Å². The summed E-state index contributed by atoms with van der Waals surface area (Å²) < 4.78 is 4.14. The van der Waals surface area contributed by atoms with Gasteiger partial charge in [-0.25, -0.2) is 4.68 Å². The van der Waals surface area contributed by atoms with Gasteiger partial charge in [0.2, 0.25) is 5.91 Å². The minimum absolute atomic E-state index is 0.235. The van der Waals surface area contributed by atoms with Crippen LogP contribution >= 0.6 is 22.9 Å². The number of amides is 1. The largest absolute Gasteiger partial charge is 0.354 e. The van der Waals surface area contributed by atoms with Crippen LogP contribution < -0.4 is 10.9 Å². The van der Waals surface area contributed by atoms with E-state index < -0.39 is 6.04 Å². The lowest BCUT2D eigenvalue weighted by Crippen LogP contribution is -2.38. The summed E-state index contributed by atoms with van der Waals surface area (Å²) in [5.41, 5.74) is 2.32. The summed E-state index contributed by atoms with van der Waals surface area (Å²) in [7, 11) is 0. The van der Waals surface area contributed by atoms with E-state index in [4.69, 9.17) is 11.6 Å². The number of thiophene rings is 1. The van der Waals surface area contributed by atoms with Crippen LogP contribution in [0.1, 0.15) is 24.4 Å². The minimum Gasteiger partial charge on any atom is -0.354 e. The SMILES string of the molecule is Cc1nn([C@H](C)C(=O)NCCc2ccc(Cl)cc2)c(=O)c2cc3sccc3n12. The summed E-state index contributed by atoms with van der Waals surface area (Å²) in [4.78, 5) is 25.5. The smallest absolute Gasteiger partial charge is 0.291 e. The van der Waals surface area contributed by atoms with Crippen molar-refractivity contribution in [2.75, 3.05) is 6.54 Å². The lowest BCUT2D eigenvalue weighted by Gasteiger charge is -2.15. The van der Waals surface area contributed by atoms with Crippen LogP contribution in [0.2, 0.25) is 5.02 Å². The predicted molar refractivity (Wildman–Crippen MR) is 112 cm³/mol. The van der Waals surface area contributed by atoms with Crippen LogP contribution in [0, 0.1) is 6.92 Å². The van der Waals surface area contributed by atoms with Crippen molar-refractivity contribution < 1.29 is 4.79 Å². The van der Waals surface area contributed by atoms with Gasteiger partial charge in [-0.3, -0.25) is 14.0 Å². The second-order valence-corrected chi connectivity index (χ2v) is 8.06. The number of aryl methyl sites for hydroxylation is 1. The third-order valence-corrected chi connectivity index (χ3v) is 5.90. The first kappa shape index (κ1) is 18.7. The molecule has 0 saturated heterocycles. The maximum absolute atomic E-state index is 12.9. The molecule has 6 nitrogen and oxygen atoms in total. The quantitative estimate of drug-likeness (QED) is 0.542. The van der Waals surface area contributed by atoms with Gasteiger partial charge < -0.3 is 5.32 Å². The summed E-state index contributed by atoms with van der Waals surface area (Å²) in [6.45, 7) is 4.00. The van der Waals surface area contributed by atoms with E-state index in [2.05, 4.69) is 10.4 Å². The van der Waals surface area contributed by atoms with Gasteiger partial charge in [-0.2, -0.15) is 5.10 Å². The normalized spacial score (nSPS) is 12.5. The highest BCUT2D eigenvalue weighted by Crippen LogP contribution is 2.24. The lowest BCUT2D eigenvalue weighted by atomic mass is 10.1. The molecule has 28 heavy (non-hydrogen) atoms. The van der Waals surface area contributed by atoms with Gasteiger partial charge in [-0.1, -0.05) is 23.7 Å². The Balaban J connectivity index is 1.53. The van der Waals surface area contributed by atoms with Gasteiger partial charge >= 0.3 is 0 Å². The Bertz CT molecular complexity index is 1220.